The molecule has 0 aliphatic carbocycles. The van der Waals surface area contributed by atoms with Crippen LogP contribution < -0.4 is 11.1 Å². The first kappa shape index (κ1) is 14.6. The Hall–Kier alpha value is -1.51. The summed E-state index contributed by atoms with van der Waals surface area (Å²) in [6.07, 6.45) is 6.17. The average molecular weight is 263 g/mol. The van der Waals surface area contributed by atoms with Gasteiger partial charge in [0.05, 0.1) is 12.1 Å². The molecule has 0 saturated carbocycles. The van der Waals surface area contributed by atoms with Gasteiger partial charge in [0.1, 0.15) is 0 Å². The molecule has 0 radical (unpaired) electrons. The normalized spacial score (nSPS) is 9.44. The van der Waals surface area contributed by atoms with Gasteiger partial charge in [-0.15, -0.1) is 0 Å². The number of nitrogens with one attached hydrogen (secondary N) is 1. The van der Waals surface area contributed by atoms with Crippen molar-refractivity contribution in [2.45, 2.75) is 6.42 Å². The Kier molecular flexibility index (Phi) is 6.92. The zero-order valence-electron chi connectivity index (χ0n) is 10.4. The molecule has 96 valence electrons. The molecule has 18 heavy (non-hydrogen) atoms. The summed E-state index contributed by atoms with van der Waals surface area (Å²) in [4.78, 5) is 15.8. The molecule has 4 nitrogen and oxygen atoms in total. The number of carbonyl (C=O) groups excluding carboxylic acids is 1. The molecule has 0 fully saturated rings. The second-order valence-corrected chi connectivity index (χ2v) is 4.56. The lowest BCUT2D eigenvalue weighted by molar-refractivity contribution is 0.0953. The van der Waals surface area contributed by atoms with E-state index in [2.05, 4.69) is 22.1 Å². The Balaban J connectivity index is 2.57. The molecular weight excluding hydrogens is 246 g/mol. The molecular formula is C13H17N3OS. The van der Waals surface area contributed by atoms with Crippen LogP contribution in [0.25, 0.3) is 0 Å². The molecule has 0 spiro atoms. The Labute approximate surface area is 112 Å². The van der Waals surface area contributed by atoms with E-state index < -0.39 is 0 Å². The number of thioether (sulfide) groups is 1. The van der Waals surface area contributed by atoms with Gasteiger partial charge in [0.2, 0.25) is 0 Å². The van der Waals surface area contributed by atoms with Gasteiger partial charge in [-0.3, -0.25) is 9.78 Å². The van der Waals surface area contributed by atoms with E-state index in [4.69, 9.17) is 5.73 Å². The average Bonchev–Trinajstić information content (AvgIpc) is 2.41. The van der Waals surface area contributed by atoms with Crippen LogP contribution in [0.15, 0.2) is 18.5 Å². The van der Waals surface area contributed by atoms with E-state index in [0.717, 1.165) is 12.2 Å². The third kappa shape index (κ3) is 5.21. The number of rotatable bonds is 5. The molecule has 1 rings (SSSR count). The molecule has 0 aliphatic heterocycles. The van der Waals surface area contributed by atoms with Gasteiger partial charge in [-0.05, 0) is 24.5 Å². The minimum absolute atomic E-state index is 0.111. The van der Waals surface area contributed by atoms with E-state index in [-0.39, 0.29) is 5.91 Å². The van der Waals surface area contributed by atoms with Crippen LogP contribution >= 0.6 is 11.8 Å². The number of amides is 1. The van der Waals surface area contributed by atoms with Crippen LogP contribution in [0.2, 0.25) is 0 Å². The van der Waals surface area contributed by atoms with Crippen LogP contribution in [0, 0.1) is 11.8 Å². The molecule has 0 aromatic carbocycles. The molecule has 1 amide bonds. The predicted octanol–water partition coefficient (Wildman–Crippen LogP) is 0.875. The maximum atomic E-state index is 11.8. The van der Waals surface area contributed by atoms with Gasteiger partial charge >= 0.3 is 0 Å². The zero-order chi connectivity index (χ0) is 13.2. The standard InChI is InChI=1S/C13H17N3OS/c1-18-7-3-6-16-13(17)12-8-11(4-2-5-14)9-15-10-12/h8-10H,3,5-7,14H2,1H3,(H,16,17). The van der Waals surface area contributed by atoms with Gasteiger partial charge in [0.25, 0.3) is 5.91 Å². The molecule has 0 saturated heterocycles. The fraction of sp³-hybridized carbons (Fsp3) is 0.385. The summed E-state index contributed by atoms with van der Waals surface area (Å²) in [6, 6.07) is 1.72. The topological polar surface area (TPSA) is 68.0 Å². The van der Waals surface area contributed by atoms with Crippen molar-refractivity contribution in [3.8, 4) is 11.8 Å². The fourth-order valence-corrected chi connectivity index (χ4v) is 1.74. The highest BCUT2D eigenvalue weighted by atomic mass is 32.2. The van der Waals surface area contributed by atoms with Crippen molar-refractivity contribution in [3.05, 3.63) is 29.6 Å². The summed E-state index contributed by atoms with van der Waals surface area (Å²) in [7, 11) is 0. The Morgan fingerprint density at radius 1 is 1.56 bits per heavy atom. The second kappa shape index (κ2) is 8.56. The SMILES string of the molecule is CSCCCNC(=O)c1cncc(C#CCN)c1. The molecule has 1 aromatic heterocycles. The molecule has 5 heteroatoms. The van der Waals surface area contributed by atoms with Gasteiger partial charge in [0.15, 0.2) is 0 Å². The molecule has 0 bridgehead atoms. The predicted molar refractivity (Wildman–Crippen MR) is 75.5 cm³/mol. The van der Waals surface area contributed by atoms with Crippen molar-refractivity contribution >= 4 is 17.7 Å². The molecule has 1 heterocycles. The van der Waals surface area contributed by atoms with Gasteiger partial charge in [-0.2, -0.15) is 11.8 Å². The number of aromatic nitrogens is 1. The number of pyridine rings is 1. The number of hydrogen-bond acceptors (Lipinski definition) is 4. The third-order valence-electron chi connectivity index (χ3n) is 2.15. The highest BCUT2D eigenvalue weighted by molar-refractivity contribution is 7.98. The first-order valence-corrected chi connectivity index (χ1v) is 7.08. The maximum Gasteiger partial charge on any atom is 0.252 e. The molecule has 1 aromatic rings. The minimum atomic E-state index is -0.111. The van der Waals surface area contributed by atoms with E-state index in [1.165, 1.54) is 6.20 Å². The summed E-state index contributed by atoms with van der Waals surface area (Å²) in [6.45, 7) is 0.976. The van der Waals surface area contributed by atoms with Crippen LogP contribution in [0.3, 0.4) is 0 Å². The molecule has 0 aliphatic rings. The first-order chi connectivity index (χ1) is 8.77. The number of hydrogen-bond donors (Lipinski definition) is 2. The summed E-state index contributed by atoms with van der Waals surface area (Å²) < 4.78 is 0. The van der Waals surface area contributed by atoms with E-state index in [1.807, 2.05) is 6.26 Å². The van der Waals surface area contributed by atoms with Gasteiger partial charge in [-0.1, -0.05) is 11.8 Å². The van der Waals surface area contributed by atoms with E-state index in [9.17, 15) is 4.79 Å². The van der Waals surface area contributed by atoms with Crippen molar-refractivity contribution in [2.75, 3.05) is 25.1 Å². The van der Waals surface area contributed by atoms with E-state index in [1.54, 1.807) is 24.0 Å². The fourth-order valence-electron chi connectivity index (χ4n) is 1.31. The monoisotopic (exact) mass is 263 g/mol. The number of nitrogens with two attached hydrogens (primary N) is 1. The van der Waals surface area contributed by atoms with E-state index in [0.29, 0.717) is 24.2 Å². The lowest BCUT2D eigenvalue weighted by Crippen LogP contribution is -2.25. The third-order valence-corrected chi connectivity index (χ3v) is 2.84. The summed E-state index contributed by atoms with van der Waals surface area (Å²) >= 11 is 1.77. The van der Waals surface area contributed by atoms with Crippen molar-refractivity contribution in [1.82, 2.24) is 10.3 Å². The minimum Gasteiger partial charge on any atom is -0.352 e. The van der Waals surface area contributed by atoms with Crippen LogP contribution in [0.4, 0.5) is 0 Å². The second-order valence-electron chi connectivity index (χ2n) is 3.57. The zero-order valence-corrected chi connectivity index (χ0v) is 11.2. The maximum absolute atomic E-state index is 11.8. The number of carbonyl (C=O) groups is 1. The Morgan fingerprint density at radius 3 is 3.11 bits per heavy atom. The van der Waals surface area contributed by atoms with Gasteiger partial charge in [-0.25, -0.2) is 0 Å². The van der Waals surface area contributed by atoms with Gasteiger partial charge < -0.3 is 11.1 Å². The smallest absolute Gasteiger partial charge is 0.252 e. The molecule has 0 atom stereocenters. The van der Waals surface area contributed by atoms with E-state index >= 15 is 0 Å². The summed E-state index contributed by atoms with van der Waals surface area (Å²) in [5, 5.41) is 2.85. The number of nitrogens with zero attached hydrogens (tertiary/aromatic N) is 1. The van der Waals surface area contributed by atoms with Crippen LogP contribution in [0.5, 0.6) is 0 Å². The van der Waals surface area contributed by atoms with Crippen molar-refractivity contribution in [1.29, 1.82) is 0 Å². The quantitative estimate of drug-likeness (QED) is 0.611. The first-order valence-electron chi connectivity index (χ1n) is 5.69. The highest BCUT2D eigenvalue weighted by Crippen LogP contribution is 2.01. The van der Waals surface area contributed by atoms with Crippen molar-refractivity contribution in [3.63, 3.8) is 0 Å². The molecule has 3 N–H and O–H groups in total. The van der Waals surface area contributed by atoms with Gasteiger partial charge in [0, 0.05) is 24.5 Å². The van der Waals surface area contributed by atoms with Crippen LogP contribution in [0.1, 0.15) is 22.3 Å². The summed E-state index contributed by atoms with van der Waals surface area (Å²) in [5.41, 5.74) is 6.53. The summed E-state index contributed by atoms with van der Waals surface area (Å²) in [5.74, 6) is 6.52. The molecule has 0 unspecified atom stereocenters. The van der Waals surface area contributed by atoms with Crippen molar-refractivity contribution < 1.29 is 4.79 Å². The Bertz CT molecular complexity index is 451. The van der Waals surface area contributed by atoms with Crippen LogP contribution in [-0.4, -0.2) is 36.0 Å². The van der Waals surface area contributed by atoms with Crippen molar-refractivity contribution in [2.24, 2.45) is 5.73 Å². The highest BCUT2D eigenvalue weighted by Gasteiger charge is 2.05. The largest absolute Gasteiger partial charge is 0.352 e. The lowest BCUT2D eigenvalue weighted by atomic mass is 10.2. The lowest BCUT2D eigenvalue weighted by Gasteiger charge is -2.04. The Morgan fingerprint density at radius 2 is 2.39 bits per heavy atom. The van der Waals surface area contributed by atoms with Crippen LogP contribution in [-0.2, 0) is 0 Å².